The molecule has 0 radical (unpaired) electrons. The molecule has 1 aromatic carbocycles. The minimum absolute atomic E-state index is 0.0750. The van der Waals surface area contributed by atoms with Crippen LogP contribution in [-0.4, -0.2) is 34.4 Å². The Hall–Kier alpha value is -2.72. The highest BCUT2D eigenvalue weighted by molar-refractivity contribution is 7.89. The minimum atomic E-state index is -3.81. The van der Waals surface area contributed by atoms with E-state index in [1.807, 2.05) is 13.0 Å². The molecule has 0 saturated carbocycles. The highest BCUT2D eigenvalue weighted by Gasteiger charge is 2.10. The lowest BCUT2D eigenvalue weighted by Crippen LogP contribution is -2.11. The molecule has 0 unspecified atom stereocenters. The number of hydrogen-bond acceptors (Lipinski definition) is 5. The van der Waals surface area contributed by atoms with Crippen molar-refractivity contribution in [3.8, 4) is 0 Å². The molecule has 0 aliphatic carbocycles. The second kappa shape index (κ2) is 14.3. The largest absolute Gasteiger partial charge is 0.360 e. The number of halogens is 3. The molecule has 6 nitrogen and oxygen atoms in total. The first-order valence-corrected chi connectivity index (χ1v) is 10.5. The molecule has 30 heavy (non-hydrogen) atoms. The molecule has 0 spiro atoms. The Bertz CT molecular complexity index is 891. The third-order valence-electron chi connectivity index (χ3n) is 3.33. The number of aliphatic imine (C=N–C) groups is 2. The van der Waals surface area contributed by atoms with Crippen molar-refractivity contribution < 1.29 is 21.6 Å². The number of nitrogens with one attached hydrogen (secondary N) is 1. The Morgan fingerprint density at radius 3 is 2.27 bits per heavy atom. The van der Waals surface area contributed by atoms with E-state index in [0.29, 0.717) is 17.0 Å². The molecule has 166 valence electrons. The maximum absolute atomic E-state index is 13.2. The van der Waals surface area contributed by atoms with Gasteiger partial charge in [-0.2, -0.15) is 0 Å². The zero-order chi connectivity index (χ0) is 23.2. The van der Waals surface area contributed by atoms with E-state index in [0.717, 1.165) is 12.6 Å². The highest BCUT2D eigenvalue weighted by atomic mass is 32.2. The molecule has 0 aliphatic heterocycles. The quantitative estimate of drug-likeness (QED) is 0.421. The van der Waals surface area contributed by atoms with Crippen molar-refractivity contribution in [2.45, 2.75) is 38.5 Å². The average molecular weight is 445 g/mol. The van der Waals surface area contributed by atoms with Crippen LogP contribution in [0.2, 0.25) is 0 Å². The van der Waals surface area contributed by atoms with E-state index in [1.165, 1.54) is 37.4 Å². The third-order valence-corrected chi connectivity index (χ3v) is 4.26. The van der Waals surface area contributed by atoms with E-state index < -0.39 is 22.1 Å². The van der Waals surface area contributed by atoms with Gasteiger partial charge >= 0.3 is 0 Å². The van der Waals surface area contributed by atoms with Crippen molar-refractivity contribution >= 4 is 28.6 Å². The molecule has 0 heterocycles. The maximum atomic E-state index is 13.2. The number of allylic oxidation sites excluding steroid dienone is 5. The van der Waals surface area contributed by atoms with Crippen molar-refractivity contribution in [3.63, 3.8) is 0 Å². The smallest absolute Gasteiger partial charge is 0.281 e. The number of nitrogens with two attached hydrogens (primary N) is 1. The summed E-state index contributed by atoms with van der Waals surface area (Å²) in [5, 5.41) is 7.66. The van der Waals surface area contributed by atoms with E-state index in [2.05, 4.69) is 22.0 Å². The van der Waals surface area contributed by atoms with Crippen LogP contribution in [0.1, 0.15) is 27.2 Å². The zero-order valence-corrected chi connectivity index (χ0v) is 18.0. The van der Waals surface area contributed by atoms with Crippen molar-refractivity contribution in [1.82, 2.24) is 0 Å². The number of alkyl halides is 3. The van der Waals surface area contributed by atoms with E-state index in [9.17, 15) is 21.6 Å². The first-order valence-electron chi connectivity index (χ1n) is 8.92. The number of sulfonamides is 1. The van der Waals surface area contributed by atoms with Crippen LogP contribution in [0.3, 0.4) is 0 Å². The Morgan fingerprint density at radius 1 is 1.27 bits per heavy atom. The normalized spacial score (nSPS) is 13.3. The summed E-state index contributed by atoms with van der Waals surface area (Å²) in [5.74, 6) is 0. The van der Waals surface area contributed by atoms with Crippen LogP contribution in [0.25, 0.3) is 0 Å². The van der Waals surface area contributed by atoms with E-state index in [-0.39, 0.29) is 11.6 Å². The van der Waals surface area contributed by atoms with Gasteiger partial charge in [0.15, 0.2) is 0 Å². The summed E-state index contributed by atoms with van der Waals surface area (Å²) in [7, 11) is -3.81. The van der Waals surface area contributed by atoms with Crippen LogP contribution < -0.4 is 10.5 Å². The van der Waals surface area contributed by atoms with Gasteiger partial charge in [-0.15, -0.1) is 0 Å². The highest BCUT2D eigenvalue weighted by Crippen LogP contribution is 2.16. The number of benzene rings is 1. The van der Waals surface area contributed by atoms with Gasteiger partial charge in [0.05, 0.1) is 11.6 Å². The lowest BCUT2D eigenvalue weighted by atomic mass is 10.2. The minimum Gasteiger partial charge on any atom is -0.360 e. The standard InChI is InChI=1S/C18H22F2N4O2S.C2H5F/c1-4-5-6-14(13(2)22-3)11-24-17(18(19)20)12-23-15-7-9-16(10-8-15)27(21,25)26;1-2-3/h5-12,18,23H,3-4H2,1-2H3,(H2,21,25,26);2H2,1H3/b6-5-,14-13+,17-12-,24-11-;. The second-order valence-corrected chi connectivity index (χ2v) is 7.18. The van der Waals surface area contributed by atoms with Gasteiger partial charge in [0.25, 0.3) is 6.43 Å². The average Bonchev–Trinajstić information content (AvgIpc) is 2.69. The fourth-order valence-corrected chi connectivity index (χ4v) is 2.31. The first-order chi connectivity index (χ1) is 14.1. The molecule has 1 aromatic rings. The first kappa shape index (κ1) is 27.3. The molecule has 0 aliphatic rings. The molecular weight excluding hydrogens is 417 g/mol. The van der Waals surface area contributed by atoms with Crippen LogP contribution >= 0.6 is 0 Å². The summed E-state index contributed by atoms with van der Waals surface area (Å²) in [6.45, 7) is 8.27. The SMILES string of the molecule is C=N/C(C)=C(\C=C/CC)/C=N\C(=C/Nc1ccc(S(N)(=O)=O)cc1)C(F)F.CCF. The van der Waals surface area contributed by atoms with Crippen molar-refractivity contribution in [2.24, 2.45) is 15.1 Å². The summed E-state index contributed by atoms with van der Waals surface area (Å²) < 4.78 is 59.1. The number of nitrogens with zero attached hydrogens (tertiary/aromatic N) is 2. The number of rotatable bonds is 9. The van der Waals surface area contributed by atoms with Gasteiger partial charge in [0.2, 0.25) is 10.0 Å². The fourth-order valence-electron chi connectivity index (χ4n) is 1.79. The van der Waals surface area contributed by atoms with E-state index >= 15 is 0 Å². The van der Waals surface area contributed by atoms with Crippen molar-refractivity contribution in [1.29, 1.82) is 0 Å². The molecule has 1 rings (SSSR count). The summed E-state index contributed by atoms with van der Waals surface area (Å²) in [6, 6.07) is 5.35. The summed E-state index contributed by atoms with van der Waals surface area (Å²) in [4.78, 5) is 7.54. The molecule has 0 atom stereocenters. The number of hydrogen-bond donors (Lipinski definition) is 2. The van der Waals surface area contributed by atoms with Crippen molar-refractivity contribution in [3.05, 3.63) is 59.6 Å². The van der Waals surface area contributed by atoms with E-state index in [1.54, 1.807) is 13.0 Å². The third kappa shape index (κ3) is 10.7. The second-order valence-electron chi connectivity index (χ2n) is 5.62. The molecule has 0 aromatic heterocycles. The lowest BCUT2D eigenvalue weighted by Gasteiger charge is -2.05. The van der Waals surface area contributed by atoms with Crippen LogP contribution in [0.5, 0.6) is 0 Å². The summed E-state index contributed by atoms with van der Waals surface area (Å²) in [6.07, 6.45) is 3.88. The van der Waals surface area contributed by atoms with Crippen LogP contribution in [0.15, 0.2) is 74.5 Å². The van der Waals surface area contributed by atoms with Gasteiger partial charge in [-0.1, -0.05) is 19.1 Å². The molecular formula is C20H27F3N4O2S. The Balaban J connectivity index is 0.00000263. The number of anilines is 1. The number of primary sulfonamides is 1. The molecule has 0 bridgehead atoms. The predicted octanol–water partition coefficient (Wildman–Crippen LogP) is 4.84. The van der Waals surface area contributed by atoms with Crippen LogP contribution in [0.4, 0.5) is 18.9 Å². The summed E-state index contributed by atoms with van der Waals surface area (Å²) in [5.41, 5.74) is 1.03. The van der Waals surface area contributed by atoms with Gasteiger partial charge in [-0.25, -0.2) is 22.3 Å². The van der Waals surface area contributed by atoms with Crippen LogP contribution in [0, 0.1) is 0 Å². The Labute approximate surface area is 175 Å². The summed E-state index contributed by atoms with van der Waals surface area (Å²) >= 11 is 0. The zero-order valence-electron chi connectivity index (χ0n) is 17.1. The van der Waals surface area contributed by atoms with Gasteiger partial charge in [-0.05, 0) is 51.3 Å². The Morgan fingerprint density at radius 2 is 1.83 bits per heavy atom. The molecule has 0 amide bonds. The van der Waals surface area contributed by atoms with Gasteiger partial charge in [0.1, 0.15) is 5.70 Å². The molecule has 0 saturated heterocycles. The molecule has 3 N–H and O–H groups in total. The Kier molecular flexibility index (Phi) is 13.0. The fraction of sp³-hybridized carbons (Fsp3) is 0.300. The van der Waals surface area contributed by atoms with Crippen LogP contribution in [-0.2, 0) is 10.0 Å². The van der Waals surface area contributed by atoms with Gasteiger partial charge in [-0.3, -0.25) is 14.4 Å². The van der Waals surface area contributed by atoms with Gasteiger partial charge in [0, 0.05) is 29.4 Å². The van der Waals surface area contributed by atoms with Crippen molar-refractivity contribution in [2.75, 3.05) is 12.0 Å². The molecule has 10 heteroatoms. The topological polar surface area (TPSA) is 96.9 Å². The monoisotopic (exact) mass is 444 g/mol. The predicted molar refractivity (Wildman–Crippen MR) is 117 cm³/mol. The molecule has 0 fully saturated rings. The van der Waals surface area contributed by atoms with Gasteiger partial charge < -0.3 is 5.32 Å². The maximum Gasteiger partial charge on any atom is 0.281 e. The van der Waals surface area contributed by atoms with E-state index in [4.69, 9.17) is 5.14 Å². The lowest BCUT2D eigenvalue weighted by molar-refractivity contribution is 0.188.